The van der Waals surface area contributed by atoms with Crippen molar-refractivity contribution >= 4 is 27.1 Å². The van der Waals surface area contributed by atoms with Crippen LogP contribution in [-0.4, -0.2) is 12.0 Å². The second-order valence-corrected chi connectivity index (χ2v) is 5.80. The zero-order valence-electron chi connectivity index (χ0n) is 11.8. The van der Waals surface area contributed by atoms with Crippen LogP contribution in [0, 0.1) is 10.1 Å². The molecule has 0 spiro atoms. The van der Waals surface area contributed by atoms with Gasteiger partial charge in [-0.1, -0.05) is 18.2 Å². The summed E-state index contributed by atoms with van der Waals surface area (Å²) >= 11 is 1.66. The minimum Gasteiger partial charge on any atom is -0.493 e. The maximum atomic E-state index is 10.8. The molecule has 0 saturated carbocycles. The number of nitro benzene ring substituents is 1. The number of rotatable bonds is 5. The minimum atomic E-state index is -0.460. The third kappa shape index (κ3) is 2.87. The first kappa shape index (κ1) is 14.3. The van der Waals surface area contributed by atoms with Gasteiger partial charge in [-0.25, -0.2) is 0 Å². The van der Waals surface area contributed by atoms with Gasteiger partial charge in [0, 0.05) is 15.6 Å². The summed E-state index contributed by atoms with van der Waals surface area (Å²) in [4.78, 5) is 11.4. The molecule has 0 amide bonds. The first-order valence-electron chi connectivity index (χ1n) is 6.60. The molecule has 6 heteroatoms. The third-order valence-corrected chi connectivity index (χ3v) is 4.29. The lowest BCUT2D eigenvalue weighted by molar-refractivity contribution is -0.385. The van der Waals surface area contributed by atoms with Crippen LogP contribution < -0.4 is 9.47 Å². The lowest BCUT2D eigenvalue weighted by Gasteiger charge is -2.09. The zero-order valence-corrected chi connectivity index (χ0v) is 12.6. The number of hydrogen-bond acceptors (Lipinski definition) is 5. The van der Waals surface area contributed by atoms with Crippen molar-refractivity contribution in [3.05, 3.63) is 63.5 Å². The fraction of sp³-hybridized carbons (Fsp3) is 0.125. The van der Waals surface area contributed by atoms with Crippen molar-refractivity contribution in [3.63, 3.8) is 0 Å². The van der Waals surface area contributed by atoms with Crippen LogP contribution in [0.2, 0.25) is 0 Å². The van der Waals surface area contributed by atoms with Crippen LogP contribution in [0.3, 0.4) is 0 Å². The van der Waals surface area contributed by atoms with E-state index in [1.807, 2.05) is 12.1 Å². The Kier molecular flexibility index (Phi) is 3.93. The second kappa shape index (κ2) is 6.03. The van der Waals surface area contributed by atoms with Crippen molar-refractivity contribution in [2.45, 2.75) is 6.61 Å². The molecule has 0 saturated heterocycles. The number of nitro groups is 1. The van der Waals surface area contributed by atoms with Gasteiger partial charge in [-0.3, -0.25) is 10.1 Å². The minimum absolute atomic E-state index is 0.0222. The van der Waals surface area contributed by atoms with Gasteiger partial charge in [-0.2, -0.15) is 0 Å². The van der Waals surface area contributed by atoms with Gasteiger partial charge in [0.1, 0.15) is 6.61 Å². The van der Waals surface area contributed by atoms with E-state index in [-0.39, 0.29) is 5.69 Å². The number of hydrogen-bond donors (Lipinski definition) is 0. The van der Waals surface area contributed by atoms with E-state index < -0.39 is 4.92 Å². The fourth-order valence-electron chi connectivity index (χ4n) is 2.15. The Morgan fingerprint density at radius 2 is 1.95 bits per heavy atom. The predicted octanol–water partition coefficient (Wildman–Crippen LogP) is 4.40. The van der Waals surface area contributed by atoms with Gasteiger partial charge in [0.05, 0.1) is 18.1 Å². The SMILES string of the molecule is COc1cc([N+](=O)[O-])ccc1OCc1cc2ccccc2s1. The molecule has 0 unspecified atom stereocenters. The summed E-state index contributed by atoms with van der Waals surface area (Å²) in [6, 6.07) is 14.5. The average Bonchev–Trinajstić information content (AvgIpc) is 2.95. The number of thiophene rings is 1. The van der Waals surface area contributed by atoms with E-state index in [0.29, 0.717) is 18.1 Å². The topological polar surface area (TPSA) is 61.6 Å². The van der Waals surface area contributed by atoms with Gasteiger partial charge in [0.15, 0.2) is 11.5 Å². The Labute approximate surface area is 130 Å². The molecule has 22 heavy (non-hydrogen) atoms. The molecule has 0 bridgehead atoms. The number of nitrogens with zero attached hydrogens (tertiary/aromatic N) is 1. The van der Waals surface area contributed by atoms with Crippen molar-refractivity contribution in [2.75, 3.05) is 7.11 Å². The number of ether oxygens (including phenoxy) is 2. The largest absolute Gasteiger partial charge is 0.493 e. The van der Waals surface area contributed by atoms with Crippen molar-refractivity contribution < 1.29 is 14.4 Å². The Balaban J connectivity index is 1.79. The molecular formula is C16H13NO4S. The van der Waals surface area contributed by atoms with Crippen molar-refractivity contribution in [1.82, 2.24) is 0 Å². The highest BCUT2D eigenvalue weighted by Crippen LogP contribution is 2.33. The Morgan fingerprint density at radius 3 is 2.68 bits per heavy atom. The first-order chi connectivity index (χ1) is 10.7. The van der Waals surface area contributed by atoms with Crippen molar-refractivity contribution in [3.8, 4) is 11.5 Å². The summed E-state index contributed by atoms with van der Waals surface area (Å²) in [5, 5.41) is 12.0. The van der Waals surface area contributed by atoms with Crippen LogP contribution in [0.1, 0.15) is 4.88 Å². The summed E-state index contributed by atoms with van der Waals surface area (Å²) in [5.41, 5.74) is -0.0222. The van der Waals surface area contributed by atoms with Gasteiger partial charge < -0.3 is 9.47 Å². The highest BCUT2D eigenvalue weighted by Gasteiger charge is 2.12. The maximum absolute atomic E-state index is 10.8. The van der Waals surface area contributed by atoms with Crippen LogP contribution in [0.15, 0.2) is 48.5 Å². The smallest absolute Gasteiger partial charge is 0.273 e. The molecule has 3 rings (SSSR count). The van der Waals surface area contributed by atoms with E-state index in [2.05, 4.69) is 18.2 Å². The molecule has 112 valence electrons. The fourth-order valence-corrected chi connectivity index (χ4v) is 3.12. The van der Waals surface area contributed by atoms with E-state index >= 15 is 0 Å². The molecule has 0 aliphatic carbocycles. The van der Waals surface area contributed by atoms with Crippen LogP contribution in [0.5, 0.6) is 11.5 Å². The van der Waals surface area contributed by atoms with Crippen molar-refractivity contribution in [2.24, 2.45) is 0 Å². The quantitative estimate of drug-likeness (QED) is 0.517. The summed E-state index contributed by atoms with van der Waals surface area (Å²) in [6.07, 6.45) is 0. The average molecular weight is 315 g/mol. The van der Waals surface area contributed by atoms with Gasteiger partial charge in [0.2, 0.25) is 0 Å². The third-order valence-electron chi connectivity index (χ3n) is 3.20. The van der Waals surface area contributed by atoms with E-state index in [1.54, 1.807) is 17.4 Å². The Bertz CT molecular complexity index is 795. The van der Waals surface area contributed by atoms with Crippen LogP contribution in [0.4, 0.5) is 5.69 Å². The Hall–Kier alpha value is -2.60. The lowest BCUT2D eigenvalue weighted by Crippen LogP contribution is -1.97. The first-order valence-corrected chi connectivity index (χ1v) is 7.41. The maximum Gasteiger partial charge on any atom is 0.273 e. The molecule has 3 aromatic rings. The van der Waals surface area contributed by atoms with Gasteiger partial charge >= 0.3 is 0 Å². The Morgan fingerprint density at radius 1 is 1.14 bits per heavy atom. The van der Waals surface area contributed by atoms with Gasteiger partial charge in [0.25, 0.3) is 5.69 Å². The number of fused-ring (bicyclic) bond motifs is 1. The highest BCUT2D eigenvalue weighted by molar-refractivity contribution is 7.19. The van der Waals surface area contributed by atoms with Crippen LogP contribution in [0.25, 0.3) is 10.1 Å². The van der Waals surface area contributed by atoms with E-state index in [9.17, 15) is 10.1 Å². The normalized spacial score (nSPS) is 10.6. The molecule has 0 aliphatic rings. The molecular weight excluding hydrogens is 302 g/mol. The van der Waals surface area contributed by atoms with Crippen molar-refractivity contribution in [1.29, 1.82) is 0 Å². The molecule has 0 atom stereocenters. The number of methoxy groups -OCH3 is 1. The molecule has 5 nitrogen and oxygen atoms in total. The summed E-state index contributed by atoms with van der Waals surface area (Å²) in [7, 11) is 1.46. The lowest BCUT2D eigenvalue weighted by atomic mass is 10.2. The number of non-ortho nitro benzene ring substituents is 1. The molecule has 1 aromatic heterocycles. The van der Waals surface area contributed by atoms with Crippen LogP contribution >= 0.6 is 11.3 Å². The van der Waals surface area contributed by atoms with Crippen LogP contribution in [-0.2, 0) is 6.61 Å². The van der Waals surface area contributed by atoms with Gasteiger partial charge in [-0.05, 0) is 23.6 Å². The summed E-state index contributed by atoms with van der Waals surface area (Å²) in [6.45, 7) is 0.396. The molecule has 1 heterocycles. The molecule has 2 aromatic carbocycles. The number of benzene rings is 2. The second-order valence-electron chi connectivity index (χ2n) is 4.63. The van der Waals surface area contributed by atoms with Gasteiger partial charge in [-0.15, -0.1) is 11.3 Å². The molecule has 0 N–H and O–H groups in total. The van der Waals surface area contributed by atoms with E-state index in [4.69, 9.17) is 9.47 Å². The predicted molar refractivity (Wildman–Crippen MR) is 85.8 cm³/mol. The molecule has 0 fully saturated rings. The standard InChI is InChI=1S/C16H13NO4S/c1-20-15-9-12(17(18)19)6-7-14(15)21-10-13-8-11-4-2-3-5-16(11)22-13/h2-9H,10H2,1H3. The summed E-state index contributed by atoms with van der Waals surface area (Å²) < 4.78 is 12.1. The monoisotopic (exact) mass is 315 g/mol. The van der Waals surface area contributed by atoms with E-state index in [1.165, 1.54) is 29.3 Å². The molecule has 0 radical (unpaired) electrons. The van der Waals surface area contributed by atoms with E-state index in [0.717, 1.165) is 4.88 Å². The zero-order chi connectivity index (χ0) is 15.5. The summed E-state index contributed by atoms with van der Waals surface area (Å²) in [5.74, 6) is 0.848. The highest BCUT2D eigenvalue weighted by atomic mass is 32.1. The molecule has 0 aliphatic heterocycles.